The summed E-state index contributed by atoms with van der Waals surface area (Å²) in [4.78, 5) is 4.15. The first kappa shape index (κ1) is 13.1. The van der Waals surface area contributed by atoms with E-state index in [0.717, 1.165) is 31.8 Å². The Hall–Kier alpha value is -0.940. The number of aromatic amines is 1. The summed E-state index contributed by atoms with van der Waals surface area (Å²) in [6.07, 6.45) is 6.63. The molecule has 3 atom stereocenters. The summed E-state index contributed by atoms with van der Waals surface area (Å²) in [5.74, 6) is 1.70. The average molecular weight is 264 g/mol. The molecule has 0 bridgehead atoms. The molecule has 1 saturated heterocycles. The van der Waals surface area contributed by atoms with Crippen LogP contribution in [0.2, 0.25) is 0 Å². The van der Waals surface area contributed by atoms with E-state index in [1.165, 1.54) is 12.8 Å². The van der Waals surface area contributed by atoms with Crippen molar-refractivity contribution >= 4 is 0 Å². The number of nitrogens with zero attached hydrogens (tertiary/aromatic N) is 2. The highest BCUT2D eigenvalue weighted by Gasteiger charge is 2.57. The summed E-state index contributed by atoms with van der Waals surface area (Å²) in [6.45, 7) is 6.64. The molecule has 5 heteroatoms. The molecule has 106 valence electrons. The van der Waals surface area contributed by atoms with Crippen molar-refractivity contribution in [2.75, 3.05) is 13.2 Å². The fourth-order valence-electron chi connectivity index (χ4n) is 3.80. The van der Waals surface area contributed by atoms with Gasteiger partial charge in [-0.05, 0) is 25.8 Å². The van der Waals surface area contributed by atoms with Gasteiger partial charge in [-0.3, -0.25) is 5.10 Å². The summed E-state index contributed by atoms with van der Waals surface area (Å²) >= 11 is 0. The second kappa shape index (κ2) is 5.21. The molecule has 1 aromatic heterocycles. The lowest BCUT2D eigenvalue weighted by Crippen LogP contribution is -2.69. The molecule has 3 unspecified atom stereocenters. The number of aromatic nitrogens is 3. The highest BCUT2D eigenvalue weighted by Crippen LogP contribution is 2.51. The molecule has 1 aromatic rings. The van der Waals surface area contributed by atoms with Crippen LogP contribution in [0.4, 0.5) is 0 Å². The van der Waals surface area contributed by atoms with Crippen LogP contribution < -0.4 is 5.32 Å². The molecule has 3 rings (SSSR count). The predicted octanol–water partition coefficient (Wildman–Crippen LogP) is 1.53. The molecule has 2 aliphatic rings. The first-order valence-electron chi connectivity index (χ1n) is 7.39. The molecule has 0 amide bonds. The van der Waals surface area contributed by atoms with Crippen LogP contribution in [-0.2, 0) is 11.2 Å². The zero-order valence-corrected chi connectivity index (χ0v) is 11.9. The minimum atomic E-state index is 0.275. The first-order chi connectivity index (χ1) is 9.19. The SMILES string of the molecule is CC1(C)C(NCCCc2ncn[nH]2)C2CCCOC21. The highest BCUT2D eigenvalue weighted by atomic mass is 16.5. The van der Waals surface area contributed by atoms with E-state index in [9.17, 15) is 0 Å². The molecular weight excluding hydrogens is 240 g/mol. The second-order valence-corrected chi connectivity index (χ2v) is 6.39. The summed E-state index contributed by atoms with van der Waals surface area (Å²) in [6, 6.07) is 0.604. The van der Waals surface area contributed by atoms with Crippen molar-refractivity contribution in [3.8, 4) is 0 Å². The van der Waals surface area contributed by atoms with Gasteiger partial charge in [-0.2, -0.15) is 5.10 Å². The Labute approximate surface area is 114 Å². The Morgan fingerprint density at radius 1 is 1.53 bits per heavy atom. The topological polar surface area (TPSA) is 62.8 Å². The lowest BCUT2D eigenvalue weighted by Gasteiger charge is -2.60. The van der Waals surface area contributed by atoms with Gasteiger partial charge in [0.25, 0.3) is 0 Å². The van der Waals surface area contributed by atoms with E-state index in [4.69, 9.17) is 4.74 Å². The smallest absolute Gasteiger partial charge is 0.137 e. The van der Waals surface area contributed by atoms with E-state index in [0.29, 0.717) is 18.1 Å². The summed E-state index contributed by atoms with van der Waals surface area (Å²) in [5, 5.41) is 10.5. The van der Waals surface area contributed by atoms with Crippen LogP contribution in [0.3, 0.4) is 0 Å². The lowest BCUT2D eigenvalue weighted by atomic mass is 9.55. The van der Waals surface area contributed by atoms with Crippen molar-refractivity contribution in [3.63, 3.8) is 0 Å². The van der Waals surface area contributed by atoms with Crippen molar-refractivity contribution in [2.45, 2.75) is 51.7 Å². The number of hydrogen-bond acceptors (Lipinski definition) is 4. The quantitative estimate of drug-likeness (QED) is 0.792. The molecule has 2 heterocycles. The van der Waals surface area contributed by atoms with E-state index in [1.807, 2.05) is 0 Å². The van der Waals surface area contributed by atoms with Gasteiger partial charge in [0.05, 0.1) is 6.10 Å². The van der Waals surface area contributed by atoms with Crippen molar-refractivity contribution in [1.29, 1.82) is 0 Å². The Kier molecular flexibility index (Phi) is 3.58. The van der Waals surface area contributed by atoms with Crippen LogP contribution in [0, 0.1) is 11.3 Å². The summed E-state index contributed by atoms with van der Waals surface area (Å²) in [5.41, 5.74) is 0.275. The van der Waals surface area contributed by atoms with Gasteiger partial charge >= 0.3 is 0 Å². The van der Waals surface area contributed by atoms with Crippen LogP contribution in [0.1, 0.15) is 38.9 Å². The number of hydrogen-bond donors (Lipinski definition) is 2. The molecule has 2 N–H and O–H groups in total. The van der Waals surface area contributed by atoms with Crippen molar-refractivity contribution < 1.29 is 4.74 Å². The van der Waals surface area contributed by atoms with E-state index in [-0.39, 0.29) is 5.41 Å². The second-order valence-electron chi connectivity index (χ2n) is 6.39. The van der Waals surface area contributed by atoms with Gasteiger partial charge in [-0.1, -0.05) is 13.8 Å². The Balaban J connectivity index is 1.44. The molecule has 5 nitrogen and oxygen atoms in total. The van der Waals surface area contributed by atoms with Crippen LogP contribution in [0.15, 0.2) is 6.33 Å². The molecule has 0 radical (unpaired) electrons. The number of aryl methyl sites for hydroxylation is 1. The molecule has 0 aromatic carbocycles. The number of H-pyrrole nitrogens is 1. The van der Waals surface area contributed by atoms with Gasteiger partial charge < -0.3 is 10.1 Å². The molecule has 1 aliphatic heterocycles. The fraction of sp³-hybridized carbons (Fsp3) is 0.857. The zero-order chi connectivity index (χ0) is 13.3. The van der Waals surface area contributed by atoms with Crippen LogP contribution in [-0.4, -0.2) is 40.5 Å². The van der Waals surface area contributed by atoms with Gasteiger partial charge in [-0.15, -0.1) is 0 Å². The normalized spacial score (nSPS) is 32.6. The molecule has 2 fully saturated rings. The number of rotatable bonds is 5. The summed E-state index contributed by atoms with van der Waals surface area (Å²) < 4.78 is 5.92. The molecular formula is C14H24N4O. The van der Waals surface area contributed by atoms with E-state index in [1.54, 1.807) is 6.33 Å². The molecule has 19 heavy (non-hydrogen) atoms. The standard InChI is InChI=1S/C14H24N4O/c1-14(2)12(10-5-4-8-19-13(10)14)15-7-3-6-11-16-9-17-18-11/h9-10,12-13,15H,3-8H2,1-2H3,(H,16,17,18). The fourth-order valence-corrected chi connectivity index (χ4v) is 3.80. The van der Waals surface area contributed by atoms with Gasteiger partial charge in [0.15, 0.2) is 0 Å². The molecule has 0 spiro atoms. The van der Waals surface area contributed by atoms with Gasteiger partial charge in [-0.25, -0.2) is 4.98 Å². The Morgan fingerprint density at radius 3 is 3.21 bits per heavy atom. The number of ether oxygens (including phenoxy) is 1. The van der Waals surface area contributed by atoms with Crippen LogP contribution in [0.5, 0.6) is 0 Å². The molecule has 1 saturated carbocycles. The summed E-state index contributed by atoms with van der Waals surface area (Å²) in [7, 11) is 0. The third kappa shape index (κ3) is 2.41. The van der Waals surface area contributed by atoms with Crippen molar-refractivity contribution in [3.05, 3.63) is 12.2 Å². The Morgan fingerprint density at radius 2 is 2.42 bits per heavy atom. The Bertz CT molecular complexity index is 404. The first-order valence-corrected chi connectivity index (χ1v) is 7.39. The minimum Gasteiger partial charge on any atom is -0.377 e. The number of fused-ring (bicyclic) bond motifs is 1. The predicted molar refractivity (Wildman–Crippen MR) is 72.7 cm³/mol. The van der Waals surface area contributed by atoms with Gasteiger partial charge in [0.1, 0.15) is 12.2 Å². The van der Waals surface area contributed by atoms with Crippen LogP contribution in [0.25, 0.3) is 0 Å². The lowest BCUT2D eigenvalue weighted by molar-refractivity contribution is -0.192. The van der Waals surface area contributed by atoms with E-state index >= 15 is 0 Å². The monoisotopic (exact) mass is 264 g/mol. The average Bonchev–Trinajstić information content (AvgIpc) is 2.91. The highest BCUT2D eigenvalue weighted by molar-refractivity contribution is 5.10. The van der Waals surface area contributed by atoms with Crippen molar-refractivity contribution in [2.24, 2.45) is 11.3 Å². The van der Waals surface area contributed by atoms with Crippen molar-refractivity contribution in [1.82, 2.24) is 20.5 Å². The van der Waals surface area contributed by atoms with E-state index in [2.05, 4.69) is 34.3 Å². The third-order valence-corrected chi connectivity index (χ3v) is 4.75. The maximum Gasteiger partial charge on any atom is 0.137 e. The maximum absolute atomic E-state index is 5.92. The van der Waals surface area contributed by atoms with E-state index < -0.39 is 0 Å². The minimum absolute atomic E-state index is 0.275. The molecule has 1 aliphatic carbocycles. The largest absolute Gasteiger partial charge is 0.377 e. The van der Waals surface area contributed by atoms with Gasteiger partial charge in [0, 0.05) is 30.4 Å². The third-order valence-electron chi connectivity index (χ3n) is 4.75. The zero-order valence-electron chi connectivity index (χ0n) is 11.9. The number of nitrogens with one attached hydrogen (secondary N) is 2. The van der Waals surface area contributed by atoms with Crippen LogP contribution >= 0.6 is 0 Å². The van der Waals surface area contributed by atoms with Gasteiger partial charge in [0.2, 0.25) is 0 Å². The maximum atomic E-state index is 5.92.